The predicted octanol–water partition coefficient (Wildman–Crippen LogP) is 3.34. The molecule has 216 valence electrons. The predicted molar refractivity (Wildman–Crippen MR) is 142 cm³/mol. The maximum absolute atomic E-state index is 13.4. The van der Waals surface area contributed by atoms with Gasteiger partial charge in [0.2, 0.25) is 6.41 Å². The minimum absolute atomic E-state index is 0.00194. The molecule has 0 spiro atoms. The Hall–Kier alpha value is -3.63. The Kier molecular flexibility index (Phi) is 11.7. The van der Waals surface area contributed by atoms with Gasteiger partial charge in [0, 0.05) is 6.42 Å². The van der Waals surface area contributed by atoms with E-state index in [-0.39, 0.29) is 29.5 Å². The van der Waals surface area contributed by atoms with Crippen LogP contribution in [-0.4, -0.2) is 59.7 Å². The van der Waals surface area contributed by atoms with Crippen LogP contribution in [0.1, 0.15) is 77.6 Å². The topological polar surface area (TPSA) is 157 Å². The summed E-state index contributed by atoms with van der Waals surface area (Å²) in [7, 11) is 0. The average Bonchev–Trinajstić information content (AvgIpc) is 2.88. The summed E-state index contributed by atoms with van der Waals surface area (Å²) in [5.74, 6) is -3.79. The van der Waals surface area contributed by atoms with E-state index in [1.807, 2.05) is 27.7 Å². The number of rotatable bonds is 11. The Morgan fingerprint density at radius 2 is 1.67 bits per heavy atom. The van der Waals surface area contributed by atoms with Gasteiger partial charge >= 0.3 is 17.9 Å². The second-order valence-electron chi connectivity index (χ2n) is 10.7. The molecule has 0 aromatic heterocycles. The first kappa shape index (κ1) is 31.6. The summed E-state index contributed by atoms with van der Waals surface area (Å²) < 4.78 is 17.0. The normalized spacial score (nSPS) is 23.6. The van der Waals surface area contributed by atoms with E-state index in [0.29, 0.717) is 25.7 Å². The summed E-state index contributed by atoms with van der Waals surface area (Å²) in [5, 5.41) is 15.1. The van der Waals surface area contributed by atoms with Crippen LogP contribution in [0.5, 0.6) is 5.75 Å². The lowest BCUT2D eigenvalue weighted by Gasteiger charge is -2.29. The number of phenols is 1. The number of carbonyl (C=O) groups excluding carboxylic acids is 5. The van der Waals surface area contributed by atoms with Gasteiger partial charge in [-0.3, -0.25) is 19.2 Å². The number of amides is 2. The third kappa shape index (κ3) is 8.97. The highest BCUT2D eigenvalue weighted by Crippen LogP contribution is 2.29. The zero-order valence-corrected chi connectivity index (χ0v) is 23.4. The third-order valence-corrected chi connectivity index (χ3v) is 6.52. The standard InChI is InChI=1S/C28H40N2O9/c1-15(2)10-12-20-25(39-22(32)13-11-16(3)4)18(6)38-28(36)23(17(5)37-27(20)35)30-26(34)19-8-7-9-21(24(19)33)29-14-31/h7-9,14-18,20,23,25,33H,10-13H2,1-6H3,(H,29,31)(H,30,34)/t17-,18+,20-,23+,25+/m1/s1. The Labute approximate surface area is 228 Å². The van der Waals surface area contributed by atoms with Crippen molar-refractivity contribution < 1.29 is 43.3 Å². The van der Waals surface area contributed by atoms with Crippen LogP contribution in [0.3, 0.4) is 0 Å². The highest BCUT2D eigenvalue weighted by atomic mass is 16.6. The molecule has 1 aliphatic rings. The molecule has 5 atom stereocenters. The molecule has 1 saturated heterocycles. The fourth-order valence-corrected chi connectivity index (χ4v) is 4.21. The lowest BCUT2D eigenvalue weighted by Crippen LogP contribution is -2.50. The number of carbonyl (C=O) groups is 5. The Morgan fingerprint density at radius 3 is 2.28 bits per heavy atom. The van der Waals surface area contributed by atoms with E-state index in [1.165, 1.54) is 32.0 Å². The van der Waals surface area contributed by atoms with Crippen molar-refractivity contribution in [1.82, 2.24) is 5.32 Å². The van der Waals surface area contributed by atoms with Crippen LogP contribution in [-0.2, 0) is 33.4 Å². The number of hydrogen-bond acceptors (Lipinski definition) is 9. The zero-order valence-electron chi connectivity index (χ0n) is 23.4. The second kappa shape index (κ2) is 14.5. The Balaban J connectivity index is 2.34. The molecule has 1 heterocycles. The molecule has 0 saturated carbocycles. The molecular weight excluding hydrogens is 508 g/mol. The monoisotopic (exact) mass is 548 g/mol. The molecule has 0 bridgehead atoms. The first-order chi connectivity index (χ1) is 18.3. The van der Waals surface area contributed by atoms with E-state index in [2.05, 4.69) is 10.6 Å². The summed E-state index contributed by atoms with van der Waals surface area (Å²) in [5.41, 5.74) is -0.217. The van der Waals surface area contributed by atoms with E-state index in [1.54, 1.807) is 0 Å². The maximum atomic E-state index is 13.4. The van der Waals surface area contributed by atoms with Crippen LogP contribution in [0, 0.1) is 17.8 Å². The Bertz CT molecular complexity index is 1040. The van der Waals surface area contributed by atoms with Crippen LogP contribution < -0.4 is 10.6 Å². The SMILES string of the molecule is CC(C)CCC(=O)O[C@H]1[C@H](C)OC(=O)[C@@H](NC(=O)c2cccc(NC=O)c2O)[C@@H](C)OC(=O)[C@@H]1CCC(C)C. The molecule has 1 fully saturated rings. The van der Waals surface area contributed by atoms with Gasteiger partial charge in [0.1, 0.15) is 12.2 Å². The van der Waals surface area contributed by atoms with Crippen molar-refractivity contribution in [3.05, 3.63) is 23.8 Å². The summed E-state index contributed by atoms with van der Waals surface area (Å²) in [4.78, 5) is 63.0. The summed E-state index contributed by atoms with van der Waals surface area (Å²) >= 11 is 0. The molecule has 39 heavy (non-hydrogen) atoms. The molecule has 1 aromatic carbocycles. The van der Waals surface area contributed by atoms with Gasteiger partial charge in [-0.05, 0) is 50.7 Å². The lowest BCUT2D eigenvalue weighted by atomic mass is 9.90. The number of ether oxygens (including phenoxy) is 3. The van der Waals surface area contributed by atoms with Crippen molar-refractivity contribution in [3.63, 3.8) is 0 Å². The summed E-state index contributed by atoms with van der Waals surface area (Å²) in [6.45, 7) is 10.9. The van der Waals surface area contributed by atoms with Gasteiger partial charge in [-0.25, -0.2) is 4.79 Å². The van der Waals surface area contributed by atoms with E-state index < -0.39 is 59.8 Å². The number of esters is 3. The Morgan fingerprint density at radius 1 is 1.03 bits per heavy atom. The summed E-state index contributed by atoms with van der Waals surface area (Å²) in [6.07, 6.45) is -1.15. The number of anilines is 1. The lowest BCUT2D eigenvalue weighted by molar-refractivity contribution is -0.175. The number of para-hydroxylation sites is 1. The average molecular weight is 549 g/mol. The number of aromatic hydroxyl groups is 1. The van der Waals surface area contributed by atoms with Crippen molar-refractivity contribution >= 4 is 35.9 Å². The van der Waals surface area contributed by atoms with Crippen molar-refractivity contribution in [2.75, 3.05) is 5.32 Å². The first-order valence-electron chi connectivity index (χ1n) is 13.3. The number of cyclic esters (lactones) is 2. The van der Waals surface area contributed by atoms with Crippen LogP contribution in [0.25, 0.3) is 0 Å². The van der Waals surface area contributed by atoms with Gasteiger partial charge < -0.3 is 30.0 Å². The van der Waals surface area contributed by atoms with Gasteiger partial charge in [-0.2, -0.15) is 0 Å². The van der Waals surface area contributed by atoms with E-state index in [0.717, 1.165) is 0 Å². The van der Waals surface area contributed by atoms with Gasteiger partial charge in [0.25, 0.3) is 5.91 Å². The van der Waals surface area contributed by atoms with Crippen LogP contribution in [0.2, 0.25) is 0 Å². The number of benzene rings is 1. The number of hydrogen-bond donors (Lipinski definition) is 3. The highest BCUT2D eigenvalue weighted by Gasteiger charge is 2.44. The molecule has 11 heteroatoms. The fourth-order valence-electron chi connectivity index (χ4n) is 4.21. The fraction of sp³-hybridized carbons (Fsp3) is 0.607. The first-order valence-corrected chi connectivity index (χ1v) is 13.3. The third-order valence-electron chi connectivity index (χ3n) is 6.52. The molecule has 1 aromatic rings. The van der Waals surface area contributed by atoms with Crippen LogP contribution >= 0.6 is 0 Å². The van der Waals surface area contributed by atoms with Crippen molar-refractivity contribution in [2.24, 2.45) is 17.8 Å². The van der Waals surface area contributed by atoms with Gasteiger partial charge in [-0.15, -0.1) is 0 Å². The largest absolute Gasteiger partial charge is 0.505 e. The molecular formula is C28H40N2O9. The van der Waals surface area contributed by atoms with Crippen LogP contribution in [0.4, 0.5) is 5.69 Å². The molecule has 0 aliphatic carbocycles. The van der Waals surface area contributed by atoms with Crippen molar-refractivity contribution in [1.29, 1.82) is 0 Å². The van der Waals surface area contributed by atoms with Crippen LogP contribution in [0.15, 0.2) is 18.2 Å². The number of phenolic OH excluding ortho intramolecular Hbond substituents is 1. The molecule has 0 radical (unpaired) electrons. The van der Waals surface area contributed by atoms with E-state index in [4.69, 9.17) is 14.2 Å². The second-order valence-corrected chi connectivity index (χ2v) is 10.7. The molecule has 0 unspecified atom stereocenters. The van der Waals surface area contributed by atoms with E-state index >= 15 is 0 Å². The number of nitrogens with one attached hydrogen (secondary N) is 2. The molecule has 11 nitrogen and oxygen atoms in total. The van der Waals surface area contributed by atoms with E-state index in [9.17, 15) is 29.1 Å². The molecule has 1 aliphatic heterocycles. The smallest absolute Gasteiger partial charge is 0.332 e. The van der Waals surface area contributed by atoms with Gasteiger partial charge in [0.15, 0.2) is 17.9 Å². The zero-order chi connectivity index (χ0) is 29.3. The van der Waals surface area contributed by atoms with Crippen molar-refractivity contribution in [3.8, 4) is 5.75 Å². The maximum Gasteiger partial charge on any atom is 0.332 e. The molecule has 3 N–H and O–H groups in total. The van der Waals surface area contributed by atoms with Gasteiger partial charge in [-0.1, -0.05) is 40.2 Å². The highest BCUT2D eigenvalue weighted by molar-refractivity contribution is 6.01. The minimum atomic E-state index is -1.42. The quantitative estimate of drug-likeness (QED) is 0.163. The van der Waals surface area contributed by atoms with Gasteiger partial charge in [0.05, 0.1) is 17.2 Å². The minimum Gasteiger partial charge on any atom is -0.505 e. The molecule has 2 rings (SSSR count). The molecule has 2 amide bonds. The summed E-state index contributed by atoms with van der Waals surface area (Å²) in [6, 6.07) is 2.70. The van der Waals surface area contributed by atoms with Crippen molar-refractivity contribution in [2.45, 2.75) is 91.6 Å².